The van der Waals surface area contributed by atoms with Gasteiger partial charge in [0.1, 0.15) is 5.82 Å². The molecule has 0 aliphatic rings. The molecule has 0 bridgehead atoms. The van der Waals surface area contributed by atoms with E-state index in [-0.39, 0.29) is 11.8 Å². The molecule has 0 saturated heterocycles. The third-order valence-electron chi connectivity index (χ3n) is 2.47. The number of halogens is 1. The van der Waals surface area contributed by atoms with Crippen LogP contribution in [0.15, 0.2) is 24.3 Å². The van der Waals surface area contributed by atoms with Gasteiger partial charge in [0.05, 0.1) is 7.11 Å². The van der Waals surface area contributed by atoms with Crippen LogP contribution in [0.1, 0.15) is 12.5 Å². The van der Waals surface area contributed by atoms with Gasteiger partial charge in [-0.3, -0.25) is 0 Å². The van der Waals surface area contributed by atoms with Crippen molar-refractivity contribution in [3.8, 4) is 6.01 Å². The summed E-state index contributed by atoms with van der Waals surface area (Å²) in [5.74, 6) is 0.531. The van der Waals surface area contributed by atoms with Crippen LogP contribution in [0, 0.1) is 5.82 Å². The van der Waals surface area contributed by atoms with Crippen molar-refractivity contribution in [1.82, 2.24) is 15.0 Å². The molecule has 106 valence electrons. The van der Waals surface area contributed by atoms with E-state index in [1.54, 1.807) is 6.07 Å². The van der Waals surface area contributed by atoms with Crippen LogP contribution < -0.4 is 15.4 Å². The number of rotatable bonds is 6. The Bertz CT molecular complexity index is 578. The second kappa shape index (κ2) is 6.65. The Balaban J connectivity index is 2.10. The Hall–Kier alpha value is -2.44. The monoisotopic (exact) mass is 277 g/mol. The fourth-order valence-electron chi connectivity index (χ4n) is 1.59. The topological polar surface area (TPSA) is 72.0 Å². The van der Waals surface area contributed by atoms with Crippen LogP contribution in [-0.2, 0) is 6.54 Å². The number of methoxy groups -OCH3 is 1. The van der Waals surface area contributed by atoms with Crippen LogP contribution in [0.25, 0.3) is 0 Å². The first-order valence-electron chi connectivity index (χ1n) is 6.23. The summed E-state index contributed by atoms with van der Waals surface area (Å²) in [6.45, 7) is 3.04. The molecule has 0 fully saturated rings. The van der Waals surface area contributed by atoms with E-state index in [4.69, 9.17) is 4.74 Å². The molecule has 0 radical (unpaired) electrons. The van der Waals surface area contributed by atoms with E-state index in [1.165, 1.54) is 19.2 Å². The summed E-state index contributed by atoms with van der Waals surface area (Å²) in [4.78, 5) is 12.3. The Morgan fingerprint density at radius 1 is 1.15 bits per heavy atom. The number of ether oxygens (including phenoxy) is 1. The molecule has 6 nitrogen and oxygen atoms in total. The van der Waals surface area contributed by atoms with E-state index in [2.05, 4.69) is 25.6 Å². The third-order valence-corrected chi connectivity index (χ3v) is 2.47. The summed E-state index contributed by atoms with van der Waals surface area (Å²) in [6, 6.07) is 6.55. The average Bonchev–Trinajstić information content (AvgIpc) is 2.45. The maximum Gasteiger partial charge on any atom is 0.322 e. The normalized spacial score (nSPS) is 10.2. The Kier molecular flexibility index (Phi) is 4.65. The number of aromatic nitrogens is 3. The first kappa shape index (κ1) is 14.0. The summed E-state index contributed by atoms with van der Waals surface area (Å²) < 4.78 is 18.1. The summed E-state index contributed by atoms with van der Waals surface area (Å²) in [7, 11) is 1.49. The van der Waals surface area contributed by atoms with Crippen molar-refractivity contribution in [3.63, 3.8) is 0 Å². The van der Waals surface area contributed by atoms with Crippen LogP contribution in [0.4, 0.5) is 16.3 Å². The molecule has 0 saturated carbocycles. The SMILES string of the molecule is CCNc1nc(NCc2cccc(F)c2)nc(OC)n1. The van der Waals surface area contributed by atoms with Crippen molar-refractivity contribution >= 4 is 11.9 Å². The highest BCUT2D eigenvalue weighted by Crippen LogP contribution is 2.12. The van der Waals surface area contributed by atoms with E-state index < -0.39 is 0 Å². The average molecular weight is 277 g/mol. The second-order valence-corrected chi connectivity index (χ2v) is 3.98. The zero-order valence-corrected chi connectivity index (χ0v) is 11.4. The Morgan fingerprint density at radius 3 is 2.55 bits per heavy atom. The number of anilines is 2. The van der Waals surface area contributed by atoms with Crippen LogP contribution >= 0.6 is 0 Å². The highest BCUT2D eigenvalue weighted by Gasteiger charge is 2.06. The molecular weight excluding hydrogens is 261 g/mol. The molecule has 0 aliphatic carbocycles. The van der Waals surface area contributed by atoms with Crippen LogP contribution in [0.2, 0.25) is 0 Å². The summed E-state index contributed by atoms with van der Waals surface area (Å²) in [5.41, 5.74) is 0.800. The highest BCUT2D eigenvalue weighted by molar-refractivity contribution is 5.36. The fraction of sp³-hybridized carbons (Fsp3) is 0.308. The van der Waals surface area contributed by atoms with Crippen LogP contribution in [0.5, 0.6) is 6.01 Å². The van der Waals surface area contributed by atoms with Gasteiger partial charge < -0.3 is 15.4 Å². The number of nitrogens with zero attached hydrogens (tertiary/aromatic N) is 3. The zero-order valence-electron chi connectivity index (χ0n) is 11.4. The number of hydrogen-bond acceptors (Lipinski definition) is 6. The number of nitrogens with one attached hydrogen (secondary N) is 2. The van der Waals surface area contributed by atoms with Crippen molar-refractivity contribution in [3.05, 3.63) is 35.6 Å². The van der Waals surface area contributed by atoms with Gasteiger partial charge in [-0.05, 0) is 24.6 Å². The maximum absolute atomic E-state index is 13.1. The lowest BCUT2D eigenvalue weighted by molar-refractivity contribution is 0.379. The molecule has 1 heterocycles. The molecule has 2 aromatic rings. The van der Waals surface area contributed by atoms with Gasteiger partial charge in [-0.1, -0.05) is 12.1 Å². The number of benzene rings is 1. The van der Waals surface area contributed by atoms with Gasteiger partial charge in [-0.25, -0.2) is 4.39 Å². The predicted molar refractivity (Wildman–Crippen MR) is 74.3 cm³/mol. The third kappa shape index (κ3) is 3.78. The van der Waals surface area contributed by atoms with Crippen LogP contribution in [0.3, 0.4) is 0 Å². The van der Waals surface area contributed by atoms with Gasteiger partial charge in [-0.15, -0.1) is 0 Å². The van der Waals surface area contributed by atoms with Crippen molar-refractivity contribution in [2.75, 3.05) is 24.3 Å². The van der Waals surface area contributed by atoms with Crippen molar-refractivity contribution in [2.24, 2.45) is 0 Å². The molecule has 0 unspecified atom stereocenters. The van der Waals surface area contributed by atoms with Crippen LogP contribution in [-0.4, -0.2) is 28.6 Å². The van der Waals surface area contributed by atoms with Crippen molar-refractivity contribution < 1.29 is 9.13 Å². The molecule has 20 heavy (non-hydrogen) atoms. The summed E-state index contributed by atoms with van der Waals surface area (Å²) in [5, 5.41) is 6.00. The number of hydrogen-bond donors (Lipinski definition) is 2. The van der Waals surface area contributed by atoms with Gasteiger partial charge >= 0.3 is 6.01 Å². The van der Waals surface area contributed by atoms with E-state index in [9.17, 15) is 4.39 Å². The minimum absolute atomic E-state index is 0.220. The smallest absolute Gasteiger partial charge is 0.322 e. The van der Waals surface area contributed by atoms with Gasteiger partial charge in [-0.2, -0.15) is 15.0 Å². The fourth-order valence-corrected chi connectivity index (χ4v) is 1.59. The molecule has 7 heteroatoms. The Labute approximate surface area is 116 Å². The minimum Gasteiger partial charge on any atom is -0.467 e. The minimum atomic E-state index is -0.272. The van der Waals surface area contributed by atoms with Gasteiger partial charge in [0, 0.05) is 13.1 Å². The maximum atomic E-state index is 13.1. The lowest BCUT2D eigenvalue weighted by Crippen LogP contribution is -2.10. The molecule has 1 aromatic carbocycles. The molecular formula is C13H16FN5O. The van der Waals surface area contributed by atoms with Gasteiger partial charge in [0.2, 0.25) is 11.9 Å². The predicted octanol–water partition coefficient (Wildman–Crippen LogP) is 2.06. The van der Waals surface area contributed by atoms with E-state index in [0.717, 1.165) is 5.56 Å². The molecule has 2 rings (SSSR count). The van der Waals surface area contributed by atoms with Crippen molar-refractivity contribution in [2.45, 2.75) is 13.5 Å². The lowest BCUT2D eigenvalue weighted by Gasteiger charge is -2.08. The zero-order chi connectivity index (χ0) is 14.4. The largest absolute Gasteiger partial charge is 0.467 e. The summed E-state index contributed by atoms with van der Waals surface area (Å²) in [6.07, 6.45) is 0. The molecule has 0 amide bonds. The summed E-state index contributed by atoms with van der Waals surface area (Å²) >= 11 is 0. The van der Waals surface area contributed by atoms with E-state index in [1.807, 2.05) is 13.0 Å². The van der Waals surface area contributed by atoms with E-state index >= 15 is 0 Å². The standard InChI is InChI=1S/C13H16FN5O/c1-3-15-11-17-12(19-13(18-11)20-2)16-8-9-5-4-6-10(14)7-9/h4-7H,3,8H2,1-2H3,(H2,15,16,17,18,19). The molecule has 0 aliphatic heterocycles. The van der Waals surface area contributed by atoms with Crippen molar-refractivity contribution in [1.29, 1.82) is 0 Å². The molecule has 2 N–H and O–H groups in total. The quantitative estimate of drug-likeness (QED) is 0.842. The molecule has 0 atom stereocenters. The first-order valence-corrected chi connectivity index (χ1v) is 6.23. The first-order chi connectivity index (χ1) is 9.71. The van der Waals surface area contributed by atoms with Gasteiger partial charge in [0.15, 0.2) is 0 Å². The molecule has 0 spiro atoms. The Morgan fingerprint density at radius 2 is 1.90 bits per heavy atom. The van der Waals surface area contributed by atoms with E-state index in [0.29, 0.717) is 25.0 Å². The van der Waals surface area contributed by atoms with Gasteiger partial charge in [0.25, 0.3) is 0 Å². The second-order valence-electron chi connectivity index (χ2n) is 3.98. The molecule has 1 aromatic heterocycles. The lowest BCUT2D eigenvalue weighted by atomic mass is 10.2. The highest BCUT2D eigenvalue weighted by atomic mass is 19.1.